The summed E-state index contributed by atoms with van der Waals surface area (Å²) in [5.41, 5.74) is 4.42. The molecule has 0 heterocycles. The largest absolute Gasteiger partial charge is 0.298 e. The molecule has 0 aliphatic carbocycles. The molecule has 1 aromatic carbocycles. The molecule has 4 heteroatoms. The van der Waals surface area contributed by atoms with Crippen molar-refractivity contribution in [3.63, 3.8) is 0 Å². The molecule has 0 spiro atoms. The van der Waals surface area contributed by atoms with Gasteiger partial charge in [-0.3, -0.25) is 15.0 Å². The lowest BCUT2D eigenvalue weighted by atomic mass is 9.99. The van der Waals surface area contributed by atoms with E-state index in [1.165, 1.54) is 0 Å². The molecule has 1 amide bonds. The van der Waals surface area contributed by atoms with Crippen molar-refractivity contribution in [2.24, 2.45) is 5.84 Å². The third-order valence-electron chi connectivity index (χ3n) is 2.02. The number of carbonyl (C=O) groups is 2. The van der Waals surface area contributed by atoms with Crippen LogP contribution in [0.25, 0.3) is 0 Å². The summed E-state index contributed by atoms with van der Waals surface area (Å²) < 4.78 is 0. The first-order valence-corrected chi connectivity index (χ1v) is 4.17. The summed E-state index contributed by atoms with van der Waals surface area (Å²) in [4.78, 5) is 22.1. The van der Waals surface area contributed by atoms with Crippen molar-refractivity contribution in [2.45, 2.75) is 13.8 Å². The molecule has 0 aliphatic heterocycles. The third kappa shape index (κ3) is 1.80. The molecule has 0 unspecified atom stereocenters. The van der Waals surface area contributed by atoms with Gasteiger partial charge in [-0.2, -0.15) is 0 Å². The van der Waals surface area contributed by atoms with Gasteiger partial charge in [0.15, 0.2) is 6.29 Å². The zero-order chi connectivity index (χ0) is 10.7. The fourth-order valence-electron chi connectivity index (χ4n) is 1.40. The van der Waals surface area contributed by atoms with Crippen molar-refractivity contribution in [3.8, 4) is 0 Å². The first-order valence-electron chi connectivity index (χ1n) is 4.17. The number of rotatable bonds is 2. The molecule has 0 aliphatic rings. The van der Waals surface area contributed by atoms with E-state index < -0.39 is 5.91 Å². The second kappa shape index (κ2) is 4.02. The number of hydrogen-bond acceptors (Lipinski definition) is 3. The van der Waals surface area contributed by atoms with E-state index in [9.17, 15) is 9.59 Å². The SMILES string of the molecule is Cc1cc(C)c(C=O)c(C(=O)NN)c1. The van der Waals surface area contributed by atoms with E-state index in [4.69, 9.17) is 5.84 Å². The maximum absolute atomic E-state index is 11.3. The van der Waals surface area contributed by atoms with Crippen molar-refractivity contribution in [1.82, 2.24) is 5.43 Å². The average molecular weight is 192 g/mol. The van der Waals surface area contributed by atoms with Crippen molar-refractivity contribution in [2.75, 3.05) is 0 Å². The smallest absolute Gasteiger partial charge is 0.265 e. The van der Waals surface area contributed by atoms with Crippen molar-refractivity contribution < 1.29 is 9.59 Å². The van der Waals surface area contributed by atoms with E-state index in [0.717, 1.165) is 11.1 Å². The van der Waals surface area contributed by atoms with Gasteiger partial charge in [-0.25, -0.2) is 5.84 Å². The highest BCUT2D eigenvalue weighted by atomic mass is 16.2. The fourth-order valence-corrected chi connectivity index (χ4v) is 1.40. The van der Waals surface area contributed by atoms with Gasteiger partial charge in [0.2, 0.25) is 0 Å². The molecule has 74 valence electrons. The van der Waals surface area contributed by atoms with Crippen LogP contribution in [-0.2, 0) is 0 Å². The molecule has 0 aromatic heterocycles. The Morgan fingerprint density at radius 1 is 1.43 bits per heavy atom. The highest BCUT2D eigenvalue weighted by molar-refractivity contribution is 6.02. The number of aryl methyl sites for hydroxylation is 2. The summed E-state index contributed by atoms with van der Waals surface area (Å²) in [7, 11) is 0. The lowest BCUT2D eigenvalue weighted by Gasteiger charge is -2.07. The van der Waals surface area contributed by atoms with E-state index in [1.54, 1.807) is 13.0 Å². The second-order valence-corrected chi connectivity index (χ2v) is 3.13. The van der Waals surface area contributed by atoms with E-state index in [-0.39, 0.29) is 0 Å². The second-order valence-electron chi connectivity index (χ2n) is 3.13. The topological polar surface area (TPSA) is 72.2 Å². The van der Waals surface area contributed by atoms with E-state index in [0.29, 0.717) is 17.4 Å². The Morgan fingerprint density at radius 3 is 2.57 bits per heavy atom. The molecule has 1 rings (SSSR count). The number of aldehydes is 1. The Kier molecular flexibility index (Phi) is 2.99. The summed E-state index contributed by atoms with van der Waals surface area (Å²) in [6.45, 7) is 3.64. The first-order chi connectivity index (χ1) is 6.60. The molecule has 3 N–H and O–H groups in total. The predicted molar refractivity (Wildman–Crippen MR) is 53.0 cm³/mol. The Hall–Kier alpha value is -1.68. The number of nitrogen functional groups attached to an aromatic ring is 1. The van der Waals surface area contributed by atoms with Gasteiger partial charge >= 0.3 is 0 Å². The first kappa shape index (κ1) is 10.4. The highest BCUT2D eigenvalue weighted by Gasteiger charge is 2.12. The minimum atomic E-state index is -0.445. The van der Waals surface area contributed by atoms with Gasteiger partial charge in [-0.1, -0.05) is 11.6 Å². The Balaban J connectivity index is 3.39. The normalized spacial score (nSPS) is 9.64. The number of benzene rings is 1. The van der Waals surface area contributed by atoms with Crippen LogP contribution in [0.4, 0.5) is 0 Å². The summed E-state index contributed by atoms with van der Waals surface area (Å²) in [5, 5.41) is 0. The van der Waals surface area contributed by atoms with E-state index >= 15 is 0 Å². The molecule has 0 fully saturated rings. The highest BCUT2D eigenvalue weighted by Crippen LogP contribution is 2.14. The van der Waals surface area contributed by atoms with E-state index in [1.807, 2.05) is 18.4 Å². The lowest BCUT2D eigenvalue weighted by Crippen LogP contribution is -2.31. The maximum atomic E-state index is 11.3. The quantitative estimate of drug-likeness (QED) is 0.314. The monoisotopic (exact) mass is 192 g/mol. The zero-order valence-corrected chi connectivity index (χ0v) is 8.13. The minimum absolute atomic E-state index is 0.319. The van der Waals surface area contributed by atoms with Crippen molar-refractivity contribution in [3.05, 3.63) is 34.4 Å². The standard InChI is InChI=1S/C10H12N2O2/c1-6-3-7(2)9(5-13)8(4-6)10(14)12-11/h3-5H,11H2,1-2H3,(H,12,14). The molecule has 1 aromatic rings. The molecule has 0 radical (unpaired) electrons. The van der Waals surface area contributed by atoms with Crippen molar-refractivity contribution >= 4 is 12.2 Å². The van der Waals surface area contributed by atoms with Gasteiger partial charge in [0.25, 0.3) is 5.91 Å². The van der Waals surface area contributed by atoms with Gasteiger partial charge in [0, 0.05) is 5.56 Å². The van der Waals surface area contributed by atoms with Gasteiger partial charge < -0.3 is 0 Å². The summed E-state index contributed by atoms with van der Waals surface area (Å²) >= 11 is 0. The summed E-state index contributed by atoms with van der Waals surface area (Å²) in [5.74, 6) is 4.57. The fraction of sp³-hybridized carbons (Fsp3) is 0.200. The molecule has 0 atom stereocenters. The zero-order valence-electron chi connectivity index (χ0n) is 8.13. The molecule has 0 saturated carbocycles. The van der Waals surface area contributed by atoms with Crippen LogP contribution in [0.3, 0.4) is 0 Å². The molecular weight excluding hydrogens is 180 g/mol. The number of nitrogens with two attached hydrogens (primary N) is 1. The van der Waals surface area contributed by atoms with Crippen LogP contribution >= 0.6 is 0 Å². The number of amides is 1. The maximum Gasteiger partial charge on any atom is 0.265 e. The number of carbonyl (C=O) groups excluding carboxylic acids is 2. The van der Waals surface area contributed by atoms with Crippen LogP contribution in [0.5, 0.6) is 0 Å². The van der Waals surface area contributed by atoms with Gasteiger partial charge in [-0.05, 0) is 25.5 Å². The Morgan fingerprint density at radius 2 is 2.07 bits per heavy atom. The van der Waals surface area contributed by atoms with Crippen LogP contribution in [0, 0.1) is 13.8 Å². The number of hydrogen-bond donors (Lipinski definition) is 2. The Labute approximate surface area is 82.1 Å². The Bertz CT molecular complexity index is 386. The number of nitrogens with one attached hydrogen (secondary N) is 1. The molecule has 0 bridgehead atoms. The number of hydrazine groups is 1. The predicted octanol–water partition coefficient (Wildman–Crippen LogP) is 0.719. The summed E-state index contributed by atoms with van der Waals surface area (Å²) in [6.07, 6.45) is 0.666. The van der Waals surface area contributed by atoms with Crippen LogP contribution in [0.15, 0.2) is 12.1 Å². The molecule has 4 nitrogen and oxygen atoms in total. The van der Waals surface area contributed by atoms with Crippen LogP contribution in [0.1, 0.15) is 31.8 Å². The molecule has 14 heavy (non-hydrogen) atoms. The average Bonchev–Trinajstić information content (AvgIpc) is 2.15. The molecule has 0 saturated heterocycles. The van der Waals surface area contributed by atoms with Crippen LogP contribution < -0.4 is 11.3 Å². The van der Waals surface area contributed by atoms with Crippen molar-refractivity contribution in [1.29, 1.82) is 0 Å². The van der Waals surface area contributed by atoms with Gasteiger partial charge in [-0.15, -0.1) is 0 Å². The van der Waals surface area contributed by atoms with Crippen LogP contribution in [0.2, 0.25) is 0 Å². The lowest BCUT2D eigenvalue weighted by molar-refractivity contribution is 0.0948. The minimum Gasteiger partial charge on any atom is -0.298 e. The molecular formula is C10H12N2O2. The summed E-state index contributed by atoms with van der Waals surface area (Å²) in [6, 6.07) is 3.48. The van der Waals surface area contributed by atoms with Gasteiger partial charge in [0.05, 0.1) is 5.56 Å². The van der Waals surface area contributed by atoms with E-state index in [2.05, 4.69) is 0 Å². The van der Waals surface area contributed by atoms with Crippen LogP contribution in [-0.4, -0.2) is 12.2 Å². The van der Waals surface area contributed by atoms with Gasteiger partial charge in [0.1, 0.15) is 0 Å². The third-order valence-corrected chi connectivity index (χ3v) is 2.02.